The van der Waals surface area contributed by atoms with E-state index in [1.807, 2.05) is 48.9 Å². The molecule has 0 saturated carbocycles. The molecule has 1 aromatic heterocycles. The summed E-state index contributed by atoms with van der Waals surface area (Å²) in [4.78, 5) is 12.1. The molecule has 2 aromatic carbocycles. The predicted octanol–water partition coefficient (Wildman–Crippen LogP) is 4.20. The second kappa shape index (κ2) is 7.30. The van der Waals surface area contributed by atoms with Crippen LogP contribution in [-0.4, -0.2) is 15.7 Å². The van der Waals surface area contributed by atoms with Crippen LogP contribution in [0.25, 0.3) is 5.69 Å². The first-order valence-electron chi connectivity index (χ1n) is 8.20. The second-order valence-electron chi connectivity index (χ2n) is 5.95. The van der Waals surface area contributed by atoms with Crippen LogP contribution in [0.2, 0.25) is 0 Å². The first-order chi connectivity index (χ1) is 12.0. The van der Waals surface area contributed by atoms with Gasteiger partial charge < -0.3 is 5.32 Å². The van der Waals surface area contributed by atoms with E-state index in [1.54, 1.807) is 12.1 Å². The Bertz CT molecular complexity index is 870. The Balaban J connectivity index is 1.68. The number of amides is 1. The highest BCUT2D eigenvalue weighted by Crippen LogP contribution is 2.19. The number of hydrogen-bond donors (Lipinski definition) is 1. The number of halogens is 1. The molecule has 1 heterocycles. The molecular formula is C20H20FN3O. The first kappa shape index (κ1) is 16.9. The maximum absolute atomic E-state index is 12.9. The van der Waals surface area contributed by atoms with Crippen molar-refractivity contribution < 1.29 is 9.18 Å². The molecule has 3 rings (SSSR count). The van der Waals surface area contributed by atoms with Crippen molar-refractivity contribution >= 4 is 11.6 Å². The van der Waals surface area contributed by atoms with E-state index in [2.05, 4.69) is 10.4 Å². The summed E-state index contributed by atoms with van der Waals surface area (Å²) >= 11 is 0. The van der Waals surface area contributed by atoms with Gasteiger partial charge in [-0.3, -0.25) is 4.79 Å². The average Bonchev–Trinajstić information content (AvgIpc) is 2.90. The van der Waals surface area contributed by atoms with Gasteiger partial charge in [0.1, 0.15) is 5.82 Å². The number of rotatable bonds is 5. The highest BCUT2D eigenvalue weighted by atomic mass is 19.1. The van der Waals surface area contributed by atoms with Crippen molar-refractivity contribution in [2.75, 3.05) is 5.32 Å². The van der Waals surface area contributed by atoms with E-state index in [4.69, 9.17) is 0 Å². The van der Waals surface area contributed by atoms with Crippen LogP contribution in [0, 0.1) is 19.7 Å². The van der Waals surface area contributed by atoms with Crippen LogP contribution in [0.4, 0.5) is 10.1 Å². The van der Waals surface area contributed by atoms with E-state index < -0.39 is 0 Å². The van der Waals surface area contributed by atoms with E-state index in [-0.39, 0.29) is 11.7 Å². The third-order valence-corrected chi connectivity index (χ3v) is 4.17. The summed E-state index contributed by atoms with van der Waals surface area (Å²) in [6, 6.07) is 15.7. The van der Waals surface area contributed by atoms with E-state index in [0.717, 1.165) is 22.6 Å². The predicted molar refractivity (Wildman–Crippen MR) is 96.4 cm³/mol. The molecule has 3 aromatic rings. The summed E-state index contributed by atoms with van der Waals surface area (Å²) in [6.45, 7) is 3.97. The normalized spacial score (nSPS) is 10.7. The number of para-hydroxylation sites is 1. The van der Waals surface area contributed by atoms with Crippen molar-refractivity contribution in [3.8, 4) is 5.69 Å². The van der Waals surface area contributed by atoms with Crippen LogP contribution in [0.15, 0.2) is 54.6 Å². The highest BCUT2D eigenvalue weighted by molar-refractivity contribution is 5.90. The zero-order valence-corrected chi connectivity index (χ0v) is 14.3. The molecule has 0 unspecified atom stereocenters. The van der Waals surface area contributed by atoms with Crippen molar-refractivity contribution in [3.63, 3.8) is 0 Å². The molecule has 0 atom stereocenters. The minimum absolute atomic E-state index is 0.0992. The number of aromatic nitrogens is 2. The van der Waals surface area contributed by atoms with Crippen LogP contribution in [0.1, 0.15) is 23.4 Å². The van der Waals surface area contributed by atoms with Crippen molar-refractivity contribution in [1.29, 1.82) is 0 Å². The maximum atomic E-state index is 12.9. The lowest BCUT2D eigenvalue weighted by Gasteiger charge is -2.07. The summed E-state index contributed by atoms with van der Waals surface area (Å²) in [5.74, 6) is -0.421. The van der Waals surface area contributed by atoms with Gasteiger partial charge in [-0.15, -0.1) is 0 Å². The molecule has 1 amide bonds. The van der Waals surface area contributed by atoms with E-state index in [1.165, 1.54) is 12.1 Å². The average molecular weight is 337 g/mol. The first-order valence-corrected chi connectivity index (χ1v) is 8.20. The summed E-state index contributed by atoms with van der Waals surface area (Å²) in [6.07, 6.45) is 0.955. The Hall–Kier alpha value is -2.95. The molecule has 0 radical (unpaired) electrons. The number of hydrogen-bond acceptors (Lipinski definition) is 2. The fourth-order valence-corrected chi connectivity index (χ4v) is 2.85. The SMILES string of the molecule is Cc1nn(-c2ccccc2)c(C)c1CCC(=O)Nc1ccc(F)cc1. The van der Waals surface area contributed by atoms with E-state index >= 15 is 0 Å². The largest absolute Gasteiger partial charge is 0.326 e. The van der Waals surface area contributed by atoms with Gasteiger partial charge in [-0.05, 0) is 62.2 Å². The summed E-state index contributed by atoms with van der Waals surface area (Å²) in [5.41, 5.74) is 4.65. The third kappa shape index (κ3) is 3.94. The number of nitrogens with one attached hydrogen (secondary N) is 1. The van der Waals surface area contributed by atoms with Crippen LogP contribution >= 0.6 is 0 Å². The van der Waals surface area contributed by atoms with Gasteiger partial charge in [0.25, 0.3) is 0 Å². The molecular weight excluding hydrogens is 317 g/mol. The Morgan fingerprint density at radius 1 is 1.08 bits per heavy atom. The summed E-state index contributed by atoms with van der Waals surface area (Å²) in [5, 5.41) is 7.38. The third-order valence-electron chi connectivity index (χ3n) is 4.17. The van der Waals surface area contributed by atoms with Crippen LogP contribution in [0.5, 0.6) is 0 Å². The van der Waals surface area contributed by atoms with Gasteiger partial charge in [-0.25, -0.2) is 9.07 Å². The molecule has 5 heteroatoms. The minimum atomic E-state index is -0.322. The van der Waals surface area contributed by atoms with Crippen molar-refractivity contribution in [2.24, 2.45) is 0 Å². The minimum Gasteiger partial charge on any atom is -0.326 e. The van der Waals surface area contributed by atoms with Crippen LogP contribution in [-0.2, 0) is 11.2 Å². The molecule has 0 aliphatic carbocycles. The number of benzene rings is 2. The molecule has 0 saturated heterocycles. The van der Waals surface area contributed by atoms with Crippen molar-refractivity contribution in [3.05, 3.63) is 77.4 Å². The Kier molecular flexibility index (Phi) is 4.93. The van der Waals surface area contributed by atoms with Crippen LogP contribution in [0.3, 0.4) is 0 Å². The summed E-state index contributed by atoms with van der Waals surface area (Å²) < 4.78 is 14.8. The van der Waals surface area contributed by atoms with Gasteiger partial charge in [0, 0.05) is 17.8 Å². The zero-order valence-electron chi connectivity index (χ0n) is 14.3. The molecule has 4 nitrogen and oxygen atoms in total. The Morgan fingerprint density at radius 2 is 1.76 bits per heavy atom. The molecule has 0 fully saturated rings. The Morgan fingerprint density at radius 3 is 2.44 bits per heavy atom. The Labute approximate surface area is 146 Å². The fourth-order valence-electron chi connectivity index (χ4n) is 2.85. The fraction of sp³-hybridized carbons (Fsp3) is 0.200. The molecule has 0 bridgehead atoms. The molecule has 0 spiro atoms. The summed E-state index contributed by atoms with van der Waals surface area (Å²) in [7, 11) is 0. The van der Waals surface area contributed by atoms with Gasteiger partial charge in [-0.1, -0.05) is 18.2 Å². The zero-order chi connectivity index (χ0) is 17.8. The molecule has 25 heavy (non-hydrogen) atoms. The topological polar surface area (TPSA) is 46.9 Å². The lowest BCUT2D eigenvalue weighted by molar-refractivity contribution is -0.116. The smallest absolute Gasteiger partial charge is 0.224 e. The van der Waals surface area contributed by atoms with E-state index in [9.17, 15) is 9.18 Å². The highest BCUT2D eigenvalue weighted by Gasteiger charge is 2.14. The van der Waals surface area contributed by atoms with Crippen LogP contribution < -0.4 is 5.32 Å². The molecule has 0 aliphatic rings. The van der Waals surface area contributed by atoms with Gasteiger partial charge >= 0.3 is 0 Å². The lowest BCUT2D eigenvalue weighted by atomic mass is 10.1. The molecule has 0 aliphatic heterocycles. The number of nitrogens with zero attached hydrogens (tertiary/aromatic N) is 2. The lowest BCUT2D eigenvalue weighted by Crippen LogP contribution is -2.12. The number of aryl methyl sites for hydroxylation is 1. The van der Waals surface area contributed by atoms with Gasteiger partial charge in [0.05, 0.1) is 11.4 Å². The van der Waals surface area contributed by atoms with Gasteiger partial charge in [0.15, 0.2) is 0 Å². The molecule has 128 valence electrons. The van der Waals surface area contributed by atoms with Crippen molar-refractivity contribution in [1.82, 2.24) is 9.78 Å². The van der Waals surface area contributed by atoms with Gasteiger partial charge in [0.2, 0.25) is 5.91 Å². The maximum Gasteiger partial charge on any atom is 0.224 e. The van der Waals surface area contributed by atoms with Crippen molar-refractivity contribution in [2.45, 2.75) is 26.7 Å². The molecule has 1 N–H and O–H groups in total. The number of anilines is 1. The number of carbonyl (C=O) groups is 1. The number of carbonyl (C=O) groups excluding carboxylic acids is 1. The van der Waals surface area contributed by atoms with Gasteiger partial charge in [-0.2, -0.15) is 5.10 Å². The quantitative estimate of drug-likeness (QED) is 0.758. The monoisotopic (exact) mass is 337 g/mol. The standard InChI is InChI=1S/C20H20FN3O/c1-14-19(15(2)24(23-14)18-6-4-3-5-7-18)12-13-20(25)22-17-10-8-16(21)9-11-17/h3-11H,12-13H2,1-2H3,(H,22,25). The second-order valence-corrected chi connectivity index (χ2v) is 5.95. The van der Waals surface area contributed by atoms with E-state index in [0.29, 0.717) is 18.5 Å².